The lowest BCUT2D eigenvalue weighted by atomic mass is 10.2. The van der Waals surface area contributed by atoms with Crippen LogP contribution in [0.2, 0.25) is 0 Å². The van der Waals surface area contributed by atoms with E-state index in [0.29, 0.717) is 4.68 Å². The van der Waals surface area contributed by atoms with Gasteiger partial charge < -0.3 is 14.9 Å². The first-order valence-electron chi connectivity index (χ1n) is 11.0. The minimum absolute atomic E-state index is 0. The second kappa shape index (κ2) is 9.46. The first-order valence-corrected chi connectivity index (χ1v) is 12.4. The van der Waals surface area contributed by atoms with Crippen LogP contribution in [0.5, 0.6) is 5.75 Å². The van der Waals surface area contributed by atoms with Crippen LogP contribution < -0.4 is 25.3 Å². The van der Waals surface area contributed by atoms with E-state index in [-0.39, 0.29) is 42.2 Å². The molecule has 36 heavy (non-hydrogen) atoms. The van der Waals surface area contributed by atoms with E-state index in [1.165, 1.54) is 19.1 Å². The molecule has 198 valence electrons. The molecule has 3 heterocycles. The van der Waals surface area contributed by atoms with Crippen LogP contribution in [0.1, 0.15) is 34.4 Å². The number of benzene rings is 1. The second-order valence-electron chi connectivity index (χ2n) is 9.15. The molecule has 2 aliphatic heterocycles. The Morgan fingerprint density at radius 3 is 2.75 bits per heavy atom. The molecule has 0 fully saturated rings. The maximum absolute atomic E-state index is 13.7. The number of aryl methyl sites for hydroxylation is 1. The minimum Gasteiger partial charge on any atom is -0.484 e. The molecule has 2 aromatic rings. The zero-order valence-corrected chi connectivity index (χ0v) is 20.8. The van der Waals surface area contributed by atoms with Crippen LogP contribution in [-0.2, 0) is 14.8 Å². The fourth-order valence-corrected chi connectivity index (χ4v) is 5.34. The van der Waals surface area contributed by atoms with Gasteiger partial charge in [0.2, 0.25) is 0 Å². The summed E-state index contributed by atoms with van der Waals surface area (Å²) in [5.41, 5.74) is 5.22. The Hall–Kier alpha value is -3.59. The Morgan fingerprint density at radius 1 is 1.39 bits per heavy atom. The van der Waals surface area contributed by atoms with Gasteiger partial charge in [-0.3, -0.25) is 14.6 Å². The lowest BCUT2D eigenvalue weighted by Gasteiger charge is -2.36. The third-order valence-corrected chi connectivity index (χ3v) is 7.00. The summed E-state index contributed by atoms with van der Waals surface area (Å²) in [7, 11) is -4.34. The van der Waals surface area contributed by atoms with Crippen LogP contribution in [0.15, 0.2) is 41.7 Å². The summed E-state index contributed by atoms with van der Waals surface area (Å²) in [4.78, 5) is 11.9. The zero-order valence-electron chi connectivity index (χ0n) is 20.0. The highest BCUT2D eigenvalue weighted by atomic mass is 32.2. The quantitative estimate of drug-likeness (QED) is 0.517. The van der Waals surface area contributed by atoms with Crippen molar-refractivity contribution in [3.63, 3.8) is 0 Å². The normalized spacial score (nSPS) is 17.6. The van der Waals surface area contributed by atoms with Crippen LogP contribution in [-0.4, -0.2) is 54.1 Å². The van der Waals surface area contributed by atoms with Crippen molar-refractivity contribution in [1.82, 2.24) is 25.7 Å². The van der Waals surface area contributed by atoms with E-state index in [2.05, 4.69) is 21.4 Å². The Balaban J connectivity index is 0.00000380. The molecule has 0 unspecified atom stereocenters. The molecular weight excluding hydrogens is 500 g/mol. The van der Waals surface area contributed by atoms with Crippen molar-refractivity contribution in [1.29, 1.82) is 0 Å². The minimum atomic E-state index is -4.34. The number of anilines is 2. The van der Waals surface area contributed by atoms with E-state index in [1.807, 2.05) is 0 Å². The Kier molecular flexibility index (Phi) is 6.70. The van der Waals surface area contributed by atoms with Gasteiger partial charge in [0, 0.05) is 19.5 Å². The van der Waals surface area contributed by atoms with Gasteiger partial charge in [-0.2, -0.15) is 13.9 Å². The summed E-state index contributed by atoms with van der Waals surface area (Å²) in [5, 5.41) is 7.88. The number of sulfonamides is 1. The summed E-state index contributed by atoms with van der Waals surface area (Å²) in [6.45, 7) is 3.62. The highest BCUT2D eigenvalue weighted by molar-refractivity contribution is 7.92. The number of nitrogens with one attached hydrogen (secondary N) is 3. The van der Waals surface area contributed by atoms with Gasteiger partial charge in [-0.15, -0.1) is 5.53 Å². The number of fused-ring (bicyclic) bond motifs is 1. The largest absolute Gasteiger partial charge is 0.484 e. The van der Waals surface area contributed by atoms with E-state index >= 15 is 0 Å². The van der Waals surface area contributed by atoms with Gasteiger partial charge in [-0.1, -0.05) is 0 Å². The Morgan fingerprint density at radius 2 is 2.14 bits per heavy atom. The van der Waals surface area contributed by atoms with Crippen molar-refractivity contribution in [3.8, 4) is 5.75 Å². The van der Waals surface area contributed by atoms with Crippen LogP contribution >= 0.6 is 0 Å². The summed E-state index contributed by atoms with van der Waals surface area (Å²) in [5.74, 6) is 0.236. The average Bonchev–Trinajstić information content (AvgIpc) is 3.41. The van der Waals surface area contributed by atoms with Gasteiger partial charge in [0.1, 0.15) is 22.4 Å². The highest BCUT2D eigenvalue weighted by Gasteiger charge is 2.37. The third kappa shape index (κ3) is 5.46. The van der Waals surface area contributed by atoms with Crippen LogP contribution in [0.25, 0.3) is 0 Å². The van der Waals surface area contributed by atoms with E-state index < -0.39 is 34.4 Å². The lowest BCUT2D eigenvalue weighted by molar-refractivity contribution is 0.0560. The summed E-state index contributed by atoms with van der Waals surface area (Å²) >= 11 is 0. The number of aromatic nitrogens is 2. The third-order valence-electron chi connectivity index (χ3n) is 5.12. The van der Waals surface area contributed by atoms with Crippen molar-refractivity contribution in [2.75, 3.05) is 22.7 Å². The average molecular weight is 530 g/mol. The number of halogens is 2. The molecule has 0 radical (unpaired) electrons. The SMILES string of the molecule is Cc1nn(C(F)F)cc1S(=O)(=O)N1C[C@H](CN2C=CNN2)Oc2ccc(NC(=O)OC(C)(C)C)cc21.[HH]. The number of carbonyl (C=O) groups excluding carboxylic acids is 1. The number of amides is 1. The monoisotopic (exact) mass is 529 g/mol. The maximum atomic E-state index is 13.7. The number of hydrogen-bond donors (Lipinski definition) is 3. The topological polar surface area (TPSA) is 130 Å². The smallest absolute Gasteiger partial charge is 0.412 e. The Labute approximate surface area is 208 Å². The molecule has 0 spiro atoms. The van der Waals surface area contributed by atoms with Gasteiger partial charge >= 0.3 is 12.6 Å². The standard InChI is InChI=1S/C21H27F2N7O5S.H2/c1-13-18(12-29(26-13)19(22)23)36(32,33)30-11-15(10-28-8-7-24-27-28)34-17-6-5-14(9-16(17)30)25-20(31)35-21(2,3)4;/h5-9,12,15,19,24,27H,10-11H2,1-4H3,(H,25,31);1H/t15-;/m0./s1. The van der Waals surface area contributed by atoms with E-state index in [1.54, 1.807) is 44.2 Å². The second-order valence-corrected chi connectivity index (χ2v) is 11.0. The van der Waals surface area contributed by atoms with E-state index in [9.17, 15) is 22.0 Å². The first-order chi connectivity index (χ1) is 16.8. The highest BCUT2D eigenvalue weighted by Crippen LogP contribution is 2.39. The molecule has 0 saturated carbocycles. The maximum Gasteiger partial charge on any atom is 0.412 e. The van der Waals surface area contributed by atoms with Gasteiger partial charge in [0.15, 0.2) is 0 Å². The number of alkyl halides is 2. The van der Waals surface area contributed by atoms with Crippen LogP contribution in [0, 0.1) is 6.92 Å². The van der Waals surface area contributed by atoms with Gasteiger partial charge in [-0.25, -0.2) is 17.9 Å². The van der Waals surface area contributed by atoms with Gasteiger partial charge in [0.05, 0.1) is 30.7 Å². The van der Waals surface area contributed by atoms with Crippen molar-refractivity contribution in [2.45, 2.75) is 50.8 Å². The molecule has 0 bridgehead atoms. The first kappa shape index (κ1) is 25.5. The van der Waals surface area contributed by atoms with Gasteiger partial charge in [0.25, 0.3) is 10.0 Å². The van der Waals surface area contributed by atoms with Crippen molar-refractivity contribution < 1.29 is 32.9 Å². The fraction of sp³-hybridized carbons (Fsp3) is 0.429. The summed E-state index contributed by atoms with van der Waals surface area (Å²) in [6, 6.07) is 4.50. The molecule has 15 heteroatoms. The van der Waals surface area contributed by atoms with Gasteiger partial charge in [-0.05, 0) is 45.9 Å². The molecule has 0 saturated heterocycles. The fourth-order valence-electron chi connectivity index (χ4n) is 3.68. The van der Waals surface area contributed by atoms with Crippen LogP contribution in [0.3, 0.4) is 0 Å². The molecule has 1 amide bonds. The number of hydrogen-bond acceptors (Lipinski definition) is 9. The predicted octanol–water partition coefficient (Wildman–Crippen LogP) is 2.93. The molecule has 4 rings (SSSR count). The van der Waals surface area contributed by atoms with Crippen molar-refractivity contribution in [2.24, 2.45) is 0 Å². The molecule has 12 nitrogen and oxygen atoms in total. The summed E-state index contributed by atoms with van der Waals surface area (Å²) < 4.78 is 66.5. The van der Waals surface area contributed by atoms with E-state index in [4.69, 9.17) is 9.47 Å². The zero-order chi connectivity index (χ0) is 26.3. The number of rotatable bonds is 6. The lowest BCUT2D eigenvalue weighted by Crippen LogP contribution is -2.50. The van der Waals surface area contributed by atoms with Crippen molar-refractivity contribution >= 4 is 27.5 Å². The molecule has 1 aromatic heterocycles. The number of hydrazine groups is 2. The predicted molar refractivity (Wildman–Crippen MR) is 128 cm³/mol. The molecule has 0 aliphatic carbocycles. The Bertz CT molecular complexity index is 1280. The van der Waals surface area contributed by atoms with Crippen molar-refractivity contribution in [3.05, 3.63) is 42.5 Å². The molecular formula is C21H29F2N7O5S. The number of ether oxygens (including phenoxy) is 2. The molecule has 1 aromatic carbocycles. The molecule has 1 atom stereocenters. The number of nitrogens with zero attached hydrogens (tertiary/aromatic N) is 4. The van der Waals surface area contributed by atoms with Crippen LogP contribution in [0.4, 0.5) is 25.0 Å². The van der Waals surface area contributed by atoms with E-state index in [0.717, 1.165) is 10.5 Å². The molecule has 2 aliphatic rings. The summed E-state index contributed by atoms with van der Waals surface area (Å²) in [6.07, 6.45) is 2.82. The number of carbonyl (C=O) groups is 1. The molecule has 3 N–H and O–H groups in total.